The summed E-state index contributed by atoms with van der Waals surface area (Å²) in [5.74, 6) is -0.350. The fraction of sp³-hybridized carbons (Fsp3) is 0.188. The van der Waals surface area contributed by atoms with Gasteiger partial charge in [-0.15, -0.1) is 0 Å². The van der Waals surface area contributed by atoms with Crippen LogP contribution in [-0.2, 0) is 9.53 Å². The zero-order valence-corrected chi connectivity index (χ0v) is 12.5. The Morgan fingerprint density at radius 1 is 1.26 bits per heavy atom. The highest BCUT2D eigenvalue weighted by Gasteiger charge is 2.22. The number of amides is 1. The van der Waals surface area contributed by atoms with Crippen LogP contribution in [0.4, 0.5) is 5.82 Å². The highest BCUT2D eigenvalue weighted by Crippen LogP contribution is 2.20. The van der Waals surface area contributed by atoms with Crippen LogP contribution in [0.5, 0.6) is 0 Å². The van der Waals surface area contributed by atoms with Gasteiger partial charge < -0.3 is 19.0 Å². The summed E-state index contributed by atoms with van der Waals surface area (Å²) in [7, 11) is 0. The van der Waals surface area contributed by atoms with E-state index in [0.29, 0.717) is 11.3 Å². The van der Waals surface area contributed by atoms with E-state index in [2.05, 4.69) is 10.5 Å². The van der Waals surface area contributed by atoms with Crippen LogP contribution in [0.15, 0.2) is 45.3 Å². The molecule has 0 aliphatic heterocycles. The molecule has 7 heteroatoms. The average Bonchev–Trinajstić information content (AvgIpc) is 3.13. The second-order valence-electron chi connectivity index (χ2n) is 5.01. The van der Waals surface area contributed by atoms with Gasteiger partial charge in [0.15, 0.2) is 11.9 Å². The summed E-state index contributed by atoms with van der Waals surface area (Å²) in [6.07, 6.45) is -1.01. The molecule has 2 aromatic heterocycles. The molecule has 0 radical (unpaired) electrons. The molecule has 1 atom stereocenters. The summed E-state index contributed by atoms with van der Waals surface area (Å²) in [6.45, 7) is 3.16. The fourth-order valence-corrected chi connectivity index (χ4v) is 2.01. The van der Waals surface area contributed by atoms with Gasteiger partial charge in [-0.25, -0.2) is 4.79 Å². The molecule has 3 aromatic rings. The third kappa shape index (κ3) is 3.23. The molecule has 7 nitrogen and oxygen atoms in total. The molecule has 2 heterocycles. The number of ether oxygens (including phenoxy) is 1. The summed E-state index contributed by atoms with van der Waals surface area (Å²) < 4.78 is 15.3. The van der Waals surface area contributed by atoms with E-state index in [9.17, 15) is 9.59 Å². The van der Waals surface area contributed by atoms with Gasteiger partial charge >= 0.3 is 5.97 Å². The molecule has 0 saturated heterocycles. The number of aromatic nitrogens is 1. The third-order valence-corrected chi connectivity index (χ3v) is 3.16. The quantitative estimate of drug-likeness (QED) is 0.744. The van der Waals surface area contributed by atoms with Crippen LogP contribution in [0.3, 0.4) is 0 Å². The van der Waals surface area contributed by atoms with E-state index < -0.39 is 18.0 Å². The molecular weight excluding hydrogens is 300 g/mol. The lowest BCUT2D eigenvalue weighted by molar-refractivity contribution is -0.123. The topological polar surface area (TPSA) is 94.6 Å². The Labute approximate surface area is 131 Å². The number of fused-ring (bicyclic) bond motifs is 1. The number of furan rings is 1. The Morgan fingerprint density at radius 2 is 2.04 bits per heavy atom. The van der Waals surface area contributed by atoms with E-state index in [1.807, 2.05) is 12.1 Å². The molecule has 0 unspecified atom stereocenters. The van der Waals surface area contributed by atoms with Crippen LogP contribution in [-0.4, -0.2) is 23.1 Å². The van der Waals surface area contributed by atoms with Gasteiger partial charge in [0, 0.05) is 11.5 Å². The fourth-order valence-electron chi connectivity index (χ4n) is 2.01. The van der Waals surface area contributed by atoms with Crippen molar-refractivity contribution in [2.24, 2.45) is 0 Å². The molecule has 23 heavy (non-hydrogen) atoms. The summed E-state index contributed by atoms with van der Waals surface area (Å²) in [5, 5.41) is 6.92. The number of para-hydroxylation sites is 1. The number of rotatable bonds is 4. The van der Waals surface area contributed by atoms with Crippen molar-refractivity contribution in [1.82, 2.24) is 5.16 Å². The van der Waals surface area contributed by atoms with Crippen LogP contribution >= 0.6 is 0 Å². The number of carbonyl (C=O) groups is 2. The summed E-state index contributed by atoms with van der Waals surface area (Å²) in [4.78, 5) is 24.0. The standard InChI is InChI=1S/C16H14N2O5/c1-9-7-14(18-23-9)17-15(19)10(2)21-16(20)13-8-11-5-3-4-6-12(11)22-13/h3-8,10H,1-2H3,(H,17,18,19)/t10-/m1/s1. The number of carbonyl (C=O) groups excluding carboxylic acids is 2. The molecule has 1 N–H and O–H groups in total. The summed E-state index contributed by atoms with van der Waals surface area (Å²) >= 11 is 0. The molecule has 0 saturated carbocycles. The van der Waals surface area contributed by atoms with Crippen LogP contribution < -0.4 is 5.32 Å². The van der Waals surface area contributed by atoms with Crippen LogP contribution in [0, 0.1) is 6.92 Å². The highest BCUT2D eigenvalue weighted by atomic mass is 16.6. The van der Waals surface area contributed by atoms with Gasteiger partial charge in [0.25, 0.3) is 5.91 Å². The predicted molar refractivity (Wildman–Crippen MR) is 81.0 cm³/mol. The molecule has 0 bridgehead atoms. The number of esters is 1. The second-order valence-corrected chi connectivity index (χ2v) is 5.01. The van der Waals surface area contributed by atoms with Gasteiger partial charge in [0.1, 0.15) is 11.3 Å². The van der Waals surface area contributed by atoms with Crippen LogP contribution in [0.25, 0.3) is 11.0 Å². The molecule has 3 rings (SSSR count). The SMILES string of the molecule is Cc1cc(NC(=O)[C@@H](C)OC(=O)c2cc3ccccc3o2)no1. The molecule has 1 aromatic carbocycles. The Balaban J connectivity index is 1.65. The number of hydrogen-bond acceptors (Lipinski definition) is 6. The zero-order valence-electron chi connectivity index (χ0n) is 12.5. The van der Waals surface area contributed by atoms with Gasteiger partial charge in [-0.05, 0) is 26.0 Å². The molecular formula is C16H14N2O5. The maximum absolute atomic E-state index is 12.1. The number of aryl methyl sites for hydroxylation is 1. The number of nitrogens with one attached hydrogen (secondary N) is 1. The zero-order chi connectivity index (χ0) is 16.4. The van der Waals surface area contributed by atoms with Gasteiger partial charge in [0.2, 0.25) is 5.76 Å². The smallest absolute Gasteiger partial charge is 0.375 e. The largest absolute Gasteiger partial charge is 0.449 e. The van der Waals surface area contributed by atoms with Crippen molar-refractivity contribution in [2.45, 2.75) is 20.0 Å². The molecule has 1 amide bonds. The van der Waals surface area contributed by atoms with Gasteiger partial charge in [-0.1, -0.05) is 23.4 Å². The first kappa shape index (κ1) is 14.8. The van der Waals surface area contributed by atoms with Crippen molar-refractivity contribution in [3.05, 3.63) is 47.9 Å². The average molecular weight is 314 g/mol. The lowest BCUT2D eigenvalue weighted by Crippen LogP contribution is -2.30. The van der Waals surface area contributed by atoms with E-state index in [0.717, 1.165) is 5.39 Å². The minimum atomic E-state index is -1.01. The van der Waals surface area contributed by atoms with E-state index in [1.165, 1.54) is 6.92 Å². The van der Waals surface area contributed by atoms with Crippen molar-refractivity contribution in [3.63, 3.8) is 0 Å². The molecule has 0 aliphatic rings. The molecule has 0 fully saturated rings. The second kappa shape index (κ2) is 5.96. The lowest BCUT2D eigenvalue weighted by Gasteiger charge is -2.10. The number of benzene rings is 1. The highest BCUT2D eigenvalue weighted by molar-refractivity contribution is 5.97. The molecule has 0 aliphatic carbocycles. The van der Waals surface area contributed by atoms with Crippen molar-refractivity contribution in [1.29, 1.82) is 0 Å². The Hall–Kier alpha value is -3.09. The van der Waals surface area contributed by atoms with E-state index >= 15 is 0 Å². The summed E-state index contributed by atoms with van der Waals surface area (Å²) in [6, 6.07) is 10.3. The minimum Gasteiger partial charge on any atom is -0.449 e. The first-order chi connectivity index (χ1) is 11.0. The first-order valence-electron chi connectivity index (χ1n) is 6.96. The Morgan fingerprint density at radius 3 is 2.74 bits per heavy atom. The Kier molecular flexibility index (Phi) is 3.84. The molecule has 118 valence electrons. The Bertz CT molecular complexity index is 831. The monoisotopic (exact) mass is 314 g/mol. The van der Waals surface area contributed by atoms with E-state index in [1.54, 1.807) is 31.2 Å². The predicted octanol–water partition coefficient (Wildman–Crippen LogP) is 2.91. The van der Waals surface area contributed by atoms with E-state index in [4.69, 9.17) is 13.7 Å². The first-order valence-corrected chi connectivity index (χ1v) is 6.96. The number of anilines is 1. The normalized spacial score (nSPS) is 12.1. The lowest BCUT2D eigenvalue weighted by atomic mass is 10.2. The van der Waals surface area contributed by atoms with Gasteiger partial charge in [-0.2, -0.15) is 0 Å². The van der Waals surface area contributed by atoms with Crippen molar-refractivity contribution in [2.75, 3.05) is 5.32 Å². The maximum atomic E-state index is 12.1. The minimum absolute atomic E-state index is 0.0446. The summed E-state index contributed by atoms with van der Waals surface area (Å²) in [5.41, 5.74) is 0.578. The number of hydrogen-bond donors (Lipinski definition) is 1. The van der Waals surface area contributed by atoms with Crippen molar-refractivity contribution >= 4 is 28.7 Å². The number of nitrogens with zero attached hydrogens (tertiary/aromatic N) is 1. The van der Waals surface area contributed by atoms with Crippen molar-refractivity contribution in [3.8, 4) is 0 Å². The van der Waals surface area contributed by atoms with Gasteiger partial charge in [-0.3, -0.25) is 4.79 Å². The van der Waals surface area contributed by atoms with Crippen LogP contribution in [0.1, 0.15) is 23.2 Å². The van der Waals surface area contributed by atoms with Gasteiger partial charge in [0.05, 0.1) is 0 Å². The van der Waals surface area contributed by atoms with E-state index in [-0.39, 0.29) is 11.6 Å². The molecule has 0 spiro atoms. The van der Waals surface area contributed by atoms with Crippen molar-refractivity contribution < 1.29 is 23.3 Å². The van der Waals surface area contributed by atoms with Crippen LogP contribution in [0.2, 0.25) is 0 Å². The maximum Gasteiger partial charge on any atom is 0.375 e. The third-order valence-electron chi connectivity index (χ3n) is 3.16.